The molecule has 0 aliphatic rings. The molecule has 0 radical (unpaired) electrons. The molecule has 0 aliphatic heterocycles. The number of carbonyl (C=O) groups excluding carboxylic acids is 1. The van der Waals surface area contributed by atoms with Crippen molar-refractivity contribution in [1.29, 1.82) is 0 Å². The topological polar surface area (TPSA) is 64.1 Å². The van der Waals surface area contributed by atoms with Gasteiger partial charge in [-0.25, -0.2) is 9.97 Å². The molecule has 0 saturated heterocycles. The van der Waals surface area contributed by atoms with E-state index in [0.717, 1.165) is 16.4 Å². The van der Waals surface area contributed by atoms with E-state index in [0.29, 0.717) is 28.8 Å². The minimum absolute atomic E-state index is 0.161. The van der Waals surface area contributed by atoms with Crippen molar-refractivity contribution in [1.82, 2.24) is 9.97 Å². The number of aromatic nitrogens is 2. The van der Waals surface area contributed by atoms with E-state index in [4.69, 9.17) is 4.74 Å². The van der Waals surface area contributed by atoms with E-state index in [1.807, 2.05) is 36.6 Å². The Labute approximate surface area is 154 Å². The predicted molar refractivity (Wildman–Crippen MR) is 102 cm³/mol. The third-order valence-corrected chi connectivity index (χ3v) is 5.60. The molecule has 0 bridgehead atoms. The molecule has 3 aromatic rings. The molecule has 7 heteroatoms. The van der Waals surface area contributed by atoms with E-state index in [2.05, 4.69) is 29.1 Å². The first kappa shape index (κ1) is 17.6. The van der Waals surface area contributed by atoms with Crippen LogP contribution >= 0.6 is 22.7 Å². The lowest BCUT2D eigenvalue weighted by atomic mass is 10.2. The Hall–Kier alpha value is -2.25. The quantitative estimate of drug-likeness (QED) is 0.670. The van der Waals surface area contributed by atoms with Crippen LogP contribution in [0.3, 0.4) is 0 Å². The largest absolute Gasteiger partial charge is 0.485 e. The van der Waals surface area contributed by atoms with Gasteiger partial charge in [-0.3, -0.25) is 4.79 Å². The number of rotatable bonds is 6. The summed E-state index contributed by atoms with van der Waals surface area (Å²) in [5, 5.41) is 5.85. The fraction of sp³-hybridized carbons (Fsp3) is 0.278. The Morgan fingerprint density at radius 3 is 2.80 bits per heavy atom. The van der Waals surface area contributed by atoms with Gasteiger partial charge in [0.05, 0.1) is 27.6 Å². The molecule has 5 nitrogen and oxygen atoms in total. The molecule has 2 heterocycles. The molecule has 0 atom stereocenters. The van der Waals surface area contributed by atoms with Crippen LogP contribution in [0.15, 0.2) is 35.2 Å². The van der Waals surface area contributed by atoms with Crippen LogP contribution in [0.5, 0.6) is 5.75 Å². The third-order valence-electron chi connectivity index (χ3n) is 3.51. The number of benzene rings is 1. The molecule has 2 aromatic heterocycles. The Bertz CT molecular complexity index is 857. The van der Waals surface area contributed by atoms with Crippen molar-refractivity contribution >= 4 is 34.3 Å². The smallest absolute Gasteiger partial charge is 0.267 e. The van der Waals surface area contributed by atoms with Gasteiger partial charge in [-0.1, -0.05) is 26.0 Å². The number of nitrogens with zero attached hydrogens (tertiary/aromatic N) is 2. The summed E-state index contributed by atoms with van der Waals surface area (Å²) in [6, 6.07) is 7.40. The van der Waals surface area contributed by atoms with Gasteiger partial charge in [0.25, 0.3) is 5.91 Å². The average Bonchev–Trinajstić information content (AvgIpc) is 3.23. The van der Waals surface area contributed by atoms with E-state index in [1.54, 1.807) is 5.51 Å². The predicted octanol–water partition coefficient (Wildman–Crippen LogP) is 4.86. The highest BCUT2D eigenvalue weighted by Crippen LogP contribution is 2.28. The number of ether oxygens (including phenoxy) is 1. The first-order valence-electron chi connectivity index (χ1n) is 7.92. The number of hydrogen-bond donors (Lipinski definition) is 1. The van der Waals surface area contributed by atoms with Gasteiger partial charge in [-0.05, 0) is 19.1 Å². The maximum atomic E-state index is 12.6. The fourth-order valence-electron chi connectivity index (χ4n) is 2.21. The van der Waals surface area contributed by atoms with Gasteiger partial charge in [0, 0.05) is 11.3 Å². The Morgan fingerprint density at radius 1 is 1.32 bits per heavy atom. The van der Waals surface area contributed by atoms with Crippen molar-refractivity contribution in [3.8, 4) is 5.75 Å². The minimum Gasteiger partial charge on any atom is -0.485 e. The second-order valence-electron chi connectivity index (χ2n) is 5.84. The highest BCUT2D eigenvalue weighted by atomic mass is 32.1. The molecule has 3 rings (SSSR count). The summed E-state index contributed by atoms with van der Waals surface area (Å²) in [7, 11) is 0. The highest BCUT2D eigenvalue weighted by Gasteiger charge is 2.18. The van der Waals surface area contributed by atoms with Crippen LogP contribution in [0, 0.1) is 6.92 Å². The number of anilines is 1. The summed E-state index contributed by atoms with van der Waals surface area (Å²) in [6.07, 6.45) is 0. The van der Waals surface area contributed by atoms with Gasteiger partial charge < -0.3 is 10.1 Å². The fourth-order valence-corrected chi connectivity index (χ4v) is 3.72. The zero-order valence-electron chi connectivity index (χ0n) is 14.3. The van der Waals surface area contributed by atoms with Gasteiger partial charge in [-0.2, -0.15) is 0 Å². The number of amides is 1. The van der Waals surface area contributed by atoms with E-state index in [9.17, 15) is 4.79 Å². The maximum absolute atomic E-state index is 12.6. The number of nitrogens with one attached hydrogen (secondary N) is 1. The van der Waals surface area contributed by atoms with Crippen LogP contribution in [-0.4, -0.2) is 15.9 Å². The first-order valence-corrected chi connectivity index (χ1v) is 9.68. The number of hydrogen-bond acceptors (Lipinski definition) is 6. The van der Waals surface area contributed by atoms with Crippen LogP contribution in [0.1, 0.15) is 45.8 Å². The number of carbonyl (C=O) groups is 1. The van der Waals surface area contributed by atoms with Crippen LogP contribution in [-0.2, 0) is 6.61 Å². The van der Waals surface area contributed by atoms with Crippen molar-refractivity contribution < 1.29 is 9.53 Å². The van der Waals surface area contributed by atoms with Crippen molar-refractivity contribution in [3.63, 3.8) is 0 Å². The number of para-hydroxylation sites is 2. The van der Waals surface area contributed by atoms with Gasteiger partial charge in [-0.15, -0.1) is 22.7 Å². The van der Waals surface area contributed by atoms with E-state index in [-0.39, 0.29) is 5.91 Å². The van der Waals surface area contributed by atoms with Crippen molar-refractivity contribution in [2.75, 3.05) is 5.32 Å². The van der Waals surface area contributed by atoms with E-state index >= 15 is 0 Å². The lowest BCUT2D eigenvalue weighted by Gasteiger charge is -2.11. The highest BCUT2D eigenvalue weighted by molar-refractivity contribution is 7.14. The average molecular weight is 374 g/mol. The van der Waals surface area contributed by atoms with Gasteiger partial charge in [0.2, 0.25) is 0 Å². The van der Waals surface area contributed by atoms with Gasteiger partial charge in [0.15, 0.2) is 0 Å². The third kappa shape index (κ3) is 4.24. The summed E-state index contributed by atoms with van der Waals surface area (Å²) >= 11 is 2.97. The van der Waals surface area contributed by atoms with Crippen LogP contribution in [0.4, 0.5) is 5.69 Å². The second-order valence-corrected chi connectivity index (χ2v) is 7.59. The molecule has 0 fully saturated rings. The van der Waals surface area contributed by atoms with Gasteiger partial charge >= 0.3 is 0 Å². The lowest BCUT2D eigenvalue weighted by molar-refractivity contribution is 0.102. The molecule has 25 heavy (non-hydrogen) atoms. The molecule has 1 amide bonds. The minimum atomic E-state index is -0.161. The summed E-state index contributed by atoms with van der Waals surface area (Å²) < 4.78 is 5.81. The van der Waals surface area contributed by atoms with Crippen molar-refractivity contribution in [3.05, 3.63) is 56.4 Å². The lowest BCUT2D eigenvalue weighted by Crippen LogP contribution is -2.12. The normalized spacial score (nSPS) is 10.9. The zero-order chi connectivity index (χ0) is 17.8. The molecule has 0 unspecified atom stereocenters. The van der Waals surface area contributed by atoms with Crippen LogP contribution in [0.25, 0.3) is 0 Å². The summed E-state index contributed by atoms with van der Waals surface area (Å²) in [5.74, 6) is 0.765. The van der Waals surface area contributed by atoms with E-state index in [1.165, 1.54) is 22.7 Å². The molecule has 130 valence electrons. The number of aryl methyl sites for hydroxylation is 1. The first-order chi connectivity index (χ1) is 12.0. The maximum Gasteiger partial charge on any atom is 0.267 e. The van der Waals surface area contributed by atoms with Crippen molar-refractivity contribution in [2.45, 2.75) is 33.3 Å². The SMILES string of the molecule is Cc1nc(C(C)C)sc1C(=O)Nc1ccccc1OCc1cscn1. The molecule has 1 aromatic carbocycles. The second kappa shape index (κ2) is 7.76. The standard InChI is InChI=1S/C18H19N3O2S2/c1-11(2)18-20-12(3)16(25-18)17(22)21-14-6-4-5-7-15(14)23-8-13-9-24-10-19-13/h4-7,9-11H,8H2,1-3H3,(H,21,22). The van der Waals surface area contributed by atoms with Crippen LogP contribution in [0.2, 0.25) is 0 Å². The number of thiazole rings is 2. The molecular weight excluding hydrogens is 354 g/mol. The van der Waals surface area contributed by atoms with Crippen LogP contribution < -0.4 is 10.1 Å². The summed E-state index contributed by atoms with van der Waals surface area (Å²) in [4.78, 5) is 22.0. The summed E-state index contributed by atoms with van der Waals surface area (Å²) in [5.41, 5.74) is 4.03. The van der Waals surface area contributed by atoms with E-state index < -0.39 is 0 Å². The molecular formula is C18H19N3O2S2. The molecule has 0 spiro atoms. The molecule has 0 aliphatic carbocycles. The van der Waals surface area contributed by atoms with Gasteiger partial charge in [0.1, 0.15) is 17.2 Å². The van der Waals surface area contributed by atoms with Crippen molar-refractivity contribution in [2.24, 2.45) is 0 Å². The Kier molecular flexibility index (Phi) is 5.45. The molecule has 1 N–H and O–H groups in total. The molecule has 0 saturated carbocycles. The Balaban J connectivity index is 1.75. The Morgan fingerprint density at radius 2 is 2.12 bits per heavy atom. The summed E-state index contributed by atoms with van der Waals surface area (Å²) in [6.45, 7) is 6.37. The monoisotopic (exact) mass is 373 g/mol. The zero-order valence-corrected chi connectivity index (χ0v) is 15.9.